The number of fused-ring (bicyclic) bond motifs is 1. The van der Waals surface area contributed by atoms with Crippen molar-refractivity contribution in [2.24, 2.45) is 5.84 Å². The van der Waals surface area contributed by atoms with Gasteiger partial charge in [0.15, 0.2) is 12.4 Å². The standard InChI is InChI=1S/C24H22BrF4N5O5/c25-18-13(26)6-12(7-14(18)27)15-8-34(33-32-15)19-20-16(9-37-24(39-20)11-4-2-1-3-5-11)38-22(23(35)31-30)21(19)36-10-17(28)29/h1-8,16-17,19-22,24H,9-10,30H2,(H,31,35)/t16-,19+,20+,21-,22-,24?/m1/s1. The van der Waals surface area contributed by atoms with Crippen LogP contribution in [0.1, 0.15) is 17.9 Å². The zero-order valence-electron chi connectivity index (χ0n) is 19.9. The summed E-state index contributed by atoms with van der Waals surface area (Å²) < 4.78 is 79.1. The van der Waals surface area contributed by atoms with Crippen molar-refractivity contribution in [2.45, 2.75) is 43.2 Å². The van der Waals surface area contributed by atoms with Crippen molar-refractivity contribution in [3.05, 3.63) is 70.3 Å². The molecule has 0 spiro atoms. The van der Waals surface area contributed by atoms with Crippen LogP contribution in [0.3, 0.4) is 0 Å². The van der Waals surface area contributed by atoms with Gasteiger partial charge in [0, 0.05) is 11.1 Å². The number of hydrazine groups is 1. The van der Waals surface area contributed by atoms with E-state index in [0.717, 1.165) is 12.1 Å². The number of ether oxygens (including phenoxy) is 4. The maximum Gasteiger partial charge on any atom is 0.265 e. The van der Waals surface area contributed by atoms with Crippen molar-refractivity contribution in [2.75, 3.05) is 13.2 Å². The third-order valence-corrected chi connectivity index (χ3v) is 7.09. The molecule has 10 nitrogen and oxygen atoms in total. The minimum Gasteiger partial charge on any atom is -0.367 e. The molecule has 0 aliphatic carbocycles. The lowest BCUT2D eigenvalue weighted by Gasteiger charge is -2.48. The molecule has 0 radical (unpaired) electrons. The van der Waals surface area contributed by atoms with Gasteiger partial charge in [-0.15, -0.1) is 5.10 Å². The van der Waals surface area contributed by atoms with Gasteiger partial charge in [-0.1, -0.05) is 35.5 Å². The molecule has 39 heavy (non-hydrogen) atoms. The van der Waals surface area contributed by atoms with E-state index in [4.69, 9.17) is 24.8 Å². The highest BCUT2D eigenvalue weighted by Gasteiger charge is 2.54. The highest BCUT2D eigenvalue weighted by molar-refractivity contribution is 9.10. The molecule has 2 saturated heterocycles. The number of amides is 1. The van der Waals surface area contributed by atoms with Gasteiger partial charge in [0.2, 0.25) is 0 Å². The summed E-state index contributed by atoms with van der Waals surface area (Å²) in [5.41, 5.74) is 2.78. The molecule has 5 rings (SSSR count). The lowest BCUT2D eigenvalue weighted by atomic mass is 9.91. The molecule has 2 aromatic carbocycles. The first kappa shape index (κ1) is 27.6. The van der Waals surface area contributed by atoms with Crippen LogP contribution in [-0.4, -0.2) is 65.0 Å². The van der Waals surface area contributed by atoms with Gasteiger partial charge in [-0.25, -0.2) is 28.1 Å². The minimum absolute atomic E-state index is 0.0265. The summed E-state index contributed by atoms with van der Waals surface area (Å²) in [6.07, 6.45) is -6.98. The molecule has 15 heteroatoms. The van der Waals surface area contributed by atoms with Gasteiger partial charge in [0.05, 0.1) is 17.3 Å². The van der Waals surface area contributed by atoms with E-state index in [9.17, 15) is 22.4 Å². The number of nitrogens with two attached hydrogens (primary N) is 1. The number of rotatable bonds is 7. The van der Waals surface area contributed by atoms with Gasteiger partial charge >= 0.3 is 0 Å². The molecule has 0 bridgehead atoms. The fourth-order valence-corrected chi connectivity index (χ4v) is 4.83. The fourth-order valence-electron chi connectivity index (χ4n) is 4.60. The van der Waals surface area contributed by atoms with Crippen LogP contribution in [0.4, 0.5) is 17.6 Å². The largest absolute Gasteiger partial charge is 0.367 e. The maximum atomic E-state index is 14.2. The van der Waals surface area contributed by atoms with E-state index in [1.165, 1.54) is 10.9 Å². The van der Waals surface area contributed by atoms with Crippen LogP contribution in [0, 0.1) is 11.6 Å². The highest BCUT2D eigenvalue weighted by atomic mass is 79.9. The Labute approximate surface area is 227 Å². The predicted octanol–water partition coefficient (Wildman–Crippen LogP) is 3.05. The summed E-state index contributed by atoms with van der Waals surface area (Å²) in [6.45, 7) is -1.05. The Hall–Kier alpha value is -2.95. The second-order valence-electron chi connectivity index (χ2n) is 8.80. The number of halogens is 5. The Morgan fingerprint density at radius 2 is 1.92 bits per heavy atom. The van der Waals surface area contributed by atoms with Crippen LogP contribution < -0.4 is 11.3 Å². The molecule has 2 aliphatic heterocycles. The number of hydrogen-bond donors (Lipinski definition) is 2. The summed E-state index contributed by atoms with van der Waals surface area (Å²) >= 11 is 2.82. The summed E-state index contributed by atoms with van der Waals surface area (Å²) in [7, 11) is 0. The number of carbonyl (C=O) groups is 1. The molecule has 1 amide bonds. The smallest absolute Gasteiger partial charge is 0.265 e. The van der Waals surface area contributed by atoms with Crippen molar-refractivity contribution in [1.29, 1.82) is 0 Å². The topological polar surface area (TPSA) is 123 Å². The van der Waals surface area contributed by atoms with E-state index in [1.807, 2.05) is 11.5 Å². The second kappa shape index (κ2) is 11.7. The zero-order valence-corrected chi connectivity index (χ0v) is 21.5. The zero-order chi connectivity index (χ0) is 27.7. The first-order valence-electron chi connectivity index (χ1n) is 11.7. The van der Waals surface area contributed by atoms with E-state index >= 15 is 0 Å². The van der Waals surface area contributed by atoms with E-state index in [1.54, 1.807) is 24.3 Å². The van der Waals surface area contributed by atoms with Gasteiger partial charge in [-0.05, 0) is 28.1 Å². The van der Waals surface area contributed by atoms with Crippen molar-refractivity contribution < 1.29 is 41.3 Å². The number of nitrogens with one attached hydrogen (secondary N) is 1. The summed E-state index contributed by atoms with van der Waals surface area (Å²) in [5, 5.41) is 8.10. The molecule has 208 valence electrons. The Morgan fingerprint density at radius 3 is 2.59 bits per heavy atom. The van der Waals surface area contributed by atoms with Crippen molar-refractivity contribution in [3.63, 3.8) is 0 Å². The van der Waals surface area contributed by atoms with Gasteiger partial charge in [-0.3, -0.25) is 10.2 Å². The number of aromatic nitrogens is 3. The van der Waals surface area contributed by atoms with Crippen molar-refractivity contribution >= 4 is 21.8 Å². The van der Waals surface area contributed by atoms with Crippen molar-refractivity contribution in [3.8, 4) is 11.3 Å². The first-order valence-corrected chi connectivity index (χ1v) is 12.5. The van der Waals surface area contributed by atoms with Crippen LogP contribution in [0.25, 0.3) is 11.3 Å². The molecule has 6 atom stereocenters. The summed E-state index contributed by atoms with van der Waals surface area (Å²) in [6, 6.07) is 10.0. The number of benzene rings is 2. The predicted molar refractivity (Wildman–Crippen MR) is 129 cm³/mol. The van der Waals surface area contributed by atoms with E-state index < -0.39 is 67.3 Å². The summed E-state index contributed by atoms with van der Waals surface area (Å²) in [4.78, 5) is 12.6. The molecule has 1 unspecified atom stereocenters. The van der Waals surface area contributed by atoms with Crippen LogP contribution >= 0.6 is 15.9 Å². The van der Waals surface area contributed by atoms with E-state index in [0.29, 0.717) is 5.56 Å². The van der Waals surface area contributed by atoms with Crippen LogP contribution in [-0.2, 0) is 23.7 Å². The second-order valence-corrected chi connectivity index (χ2v) is 9.59. The Kier molecular flexibility index (Phi) is 8.25. The van der Waals surface area contributed by atoms with Crippen LogP contribution in [0.15, 0.2) is 53.1 Å². The average molecular weight is 616 g/mol. The molecule has 0 saturated carbocycles. The Balaban J connectivity index is 1.55. The lowest BCUT2D eigenvalue weighted by molar-refractivity contribution is -0.317. The monoisotopic (exact) mass is 615 g/mol. The quantitative estimate of drug-likeness (QED) is 0.137. The number of alkyl halides is 2. The summed E-state index contributed by atoms with van der Waals surface area (Å²) in [5.74, 6) is 2.78. The van der Waals surface area contributed by atoms with Gasteiger partial charge in [-0.2, -0.15) is 0 Å². The molecule has 2 aliphatic rings. The van der Waals surface area contributed by atoms with Gasteiger partial charge in [0.25, 0.3) is 12.3 Å². The molecule has 1 aromatic heterocycles. The SMILES string of the molecule is NNC(=O)[C@@H]1O[C@@H]2COC(c3ccccc3)O[C@@H]2[C@H](n2cc(-c3cc(F)c(Br)c(F)c3)nn2)[C@H]1OCC(F)F. The van der Waals surface area contributed by atoms with E-state index in [2.05, 4.69) is 26.2 Å². The Morgan fingerprint density at radius 1 is 1.21 bits per heavy atom. The van der Waals surface area contributed by atoms with Gasteiger partial charge < -0.3 is 18.9 Å². The van der Waals surface area contributed by atoms with Gasteiger partial charge in [0.1, 0.15) is 48.3 Å². The van der Waals surface area contributed by atoms with Crippen LogP contribution in [0.2, 0.25) is 0 Å². The molecule has 3 aromatic rings. The number of hydrogen-bond acceptors (Lipinski definition) is 8. The third-order valence-electron chi connectivity index (χ3n) is 6.33. The third kappa shape index (κ3) is 5.69. The molecule has 3 heterocycles. The lowest BCUT2D eigenvalue weighted by Crippen LogP contribution is -2.63. The van der Waals surface area contributed by atoms with Crippen molar-refractivity contribution in [1.82, 2.24) is 20.4 Å². The van der Waals surface area contributed by atoms with E-state index in [-0.39, 0.29) is 22.3 Å². The molecular weight excluding hydrogens is 594 g/mol. The average Bonchev–Trinajstić information content (AvgIpc) is 3.43. The van der Waals surface area contributed by atoms with Crippen LogP contribution in [0.5, 0.6) is 0 Å². The molecule has 2 fully saturated rings. The number of carbonyl (C=O) groups excluding carboxylic acids is 1. The normalized spacial score (nSPS) is 26.8. The molecule has 3 N–H and O–H groups in total. The maximum absolute atomic E-state index is 14.2. The first-order chi connectivity index (χ1) is 18.8. The Bertz CT molecular complexity index is 1300. The molecular formula is C24H22BrF4N5O5. The fraction of sp³-hybridized carbons (Fsp3) is 0.375. The highest BCUT2D eigenvalue weighted by Crippen LogP contribution is 2.41. The number of nitrogens with zero attached hydrogens (tertiary/aromatic N) is 3. The minimum atomic E-state index is -2.86.